The van der Waals surface area contributed by atoms with Gasteiger partial charge in [0.1, 0.15) is 5.56 Å². The van der Waals surface area contributed by atoms with E-state index in [0.29, 0.717) is 0 Å². The number of hydrogen-bond acceptors (Lipinski definition) is 4. The van der Waals surface area contributed by atoms with E-state index in [1.807, 2.05) is 23.8 Å². The van der Waals surface area contributed by atoms with Crippen LogP contribution in [0.15, 0.2) is 29.1 Å². The van der Waals surface area contributed by atoms with E-state index in [4.69, 9.17) is 5.11 Å². The average molecular weight is 280 g/mol. The zero-order chi connectivity index (χ0) is 13.8. The van der Waals surface area contributed by atoms with Crippen molar-refractivity contribution in [2.45, 2.75) is 19.4 Å². The fraction of sp³-hybridized carbons (Fsp3) is 0.231. The van der Waals surface area contributed by atoms with Crippen LogP contribution in [0.1, 0.15) is 22.8 Å². The van der Waals surface area contributed by atoms with Gasteiger partial charge >= 0.3 is 5.97 Å². The molecule has 1 unspecified atom stereocenters. The minimum atomic E-state index is -1.30. The molecule has 2 heterocycles. The zero-order valence-corrected chi connectivity index (χ0v) is 11.1. The summed E-state index contributed by atoms with van der Waals surface area (Å²) >= 11 is 1.60. The third-order valence-corrected chi connectivity index (χ3v) is 3.36. The van der Waals surface area contributed by atoms with Crippen molar-refractivity contribution in [1.82, 2.24) is 4.98 Å². The predicted molar refractivity (Wildman–Crippen MR) is 72.3 cm³/mol. The Morgan fingerprint density at radius 2 is 2.37 bits per heavy atom. The molecule has 19 heavy (non-hydrogen) atoms. The van der Waals surface area contributed by atoms with Crippen LogP contribution in [0.3, 0.4) is 0 Å². The van der Waals surface area contributed by atoms with Crippen molar-refractivity contribution in [3.63, 3.8) is 0 Å². The van der Waals surface area contributed by atoms with Gasteiger partial charge < -0.3 is 10.4 Å². The van der Waals surface area contributed by atoms with E-state index in [2.05, 4.69) is 10.3 Å². The van der Waals surface area contributed by atoms with Gasteiger partial charge in [0, 0.05) is 12.2 Å². The largest absolute Gasteiger partial charge is 0.478 e. The van der Waals surface area contributed by atoms with Crippen LogP contribution in [0.25, 0.3) is 0 Å². The van der Waals surface area contributed by atoms with Gasteiger partial charge in [-0.25, -0.2) is 14.2 Å². The summed E-state index contributed by atoms with van der Waals surface area (Å²) in [4.78, 5) is 14.7. The Balaban J connectivity index is 2.10. The molecular formula is C13H13FN2O2S. The van der Waals surface area contributed by atoms with Crippen molar-refractivity contribution in [3.8, 4) is 0 Å². The quantitative estimate of drug-likeness (QED) is 0.883. The van der Waals surface area contributed by atoms with E-state index in [1.165, 1.54) is 6.20 Å². The first-order chi connectivity index (χ1) is 9.08. The summed E-state index contributed by atoms with van der Waals surface area (Å²) in [6.45, 7) is 1.90. The highest BCUT2D eigenvalue weighted by Gasteiger charge is 2.16. The molecule has 2 aromatic heterocycles. The third kappa shape index (κ3) is 3.29. The van der Waals surface area contributed by atoms with Gasteiger partial charge in [-0.15, -0.1) is 0 Å². The number of hydrogen-bond donors (Lipinski definition) is 2. The molecule has 2 aromatic rings. The standard InChI is InChI=1S/C13H13FN2O2S/c1-8(6-9-3-5-19-7-9)16-12-11(14)10(13(17)18)2-4-15-12/h2-5,7-8H,6H2,1H3,(H,15,16)(H,17,18). The average Bonchev–Trinajstić information content (AvgIpc) is 2.84. The SMILES string of the molecule is CC(Cc1ccsc1)Nc1nccc(C(=O)O)c1F. The highest BCUT2D eigenvalue weighted by Crippen LogP contribution is 2.17. The molecule has 0 spiro atoms. The summed E-state index contributed by atoms with van der Waals surface area (Å²) in [5.41, 5.74) is 0.778. The molecule has 6 heteroatoms. The summed E-state index contributed by atoms with van der Waals surface area (Å²) in [7, 11) is 0. The second-order valence-corrected chi connectivity index (χ2v) is 4.99. The number of rotatable bonds is 5. The summed E-state index contributed by atoms with van der Waals surface area (Å²) in [6, 6.07) is 3.10. The Morgan fingerprint density at radius 1 is 1.58 bits per heavy atom. The van der Waals surface area contributed by atoms with E-state index in [9.17, 15) is 9.18 Å². The van der Waals surface area contributed by atoms with Gasteiger partial charge in [-0.2, -0.15) is 11.3 Å². The molecule has 0 fully saturated rings. The first-order valence-electron chi connectivity index (χ1n) is 5.73. The highest BCUT2D eigenvalue weighted by molar-refractivity contribution is 7.07. The number of anilines is 1. The second-order valence-electron chi connectivity index (χ2n) is 4.21. The Bertz CT molecular complexity index is 572. The number of nitrogens with one attached hydrogen (secondary N) is 1. The summed E-state index contributed by atoms with van der Waals surface area (Å²) < 4.78 is 13.9. The van der Waals surface area contributed by atoms with Crippen molar-refractivity contribution < 1.29 is 14.3 Å². The van der Waals surface area contributed by atoms with Crippen LogP contribution in [0.5, 0.6) is 0 Å². The van der Waals surface area contributed by atoms with E-state index >= 15 is 0 Å². The molecule has 0 saturated heterocycles. The van der Waals surface area contributed by atoms with Gasteiger partial charge in [0.25, 0.3) is 0 Å². The molecule has 2 N–H and O–H groups in total. The molecule has 0 radical (unpaired) electrons. The van der Waals surface area contributed by atoms with E-state index in [1.54, 1.807) is 11.3 Å². The van der Waals surface area contributed by atoms with Gasteiger partial charge in [0.15, 0.2) is 11.6 Å². The molecule has 0 saturated carbocycles. The molecule has 100 valence electrons. The number of carboxylic acid groups (broad SMARTS) is 1. The lowest BCUT2D eigenvalue weighted by Crippen LogP contribution is -2.20. The van der Waals surface area contributed by atoms with Gasteiger partial charge in [-0.05, 0) is 41.8 Å². The lowest BCUT2D eigenvalue weighted by molar-refractivity contribution is 0.0692. The van der Waals surface area contributed by atoms with Crippen LogP contribution < -0.4 is 5.32 Å². The fourth-order valence-corrected chi connectivity index (χ4v) is 2.44. The van der Waals surface area contributed by atoms with Crippen LogP contribution in [0.4, 0.5) is 10.2 Å². The molecule has 0 aliphatic heterocycles. The molecule has 0 aromatic carbocycles. The lowest BCUT2D eigenvalue weighted by Gasteiger charge is -2.14. The van der Waals surface area contributed by atoms with Crippen molar-refractivity contribution in [3.05, 3.63) is 46.0 Å². The minimum absolute atomic E-state index is 0.0253. The molecule has 4 nitrogen and oxygen atoms in total. The predicted octanol–water partition coefficient (Wildman–Crippen LogP) is 3.02. The maximum atomic E-state index is 13.9. The number of pyridine rings is 1. The van der Waals surface area contributed by atoms with Crippen LogP contribution in [0.2, 0.25) is 0 Å². The monoisotopic (exact) mass is 280 g/mol. The summed E-state index contributed by atoms with van der Waals surface area (Å²) in [5.74, 6) is -2.15. The smallest absolute Gasteiger partial charge is 0.338 e. The van der Waals surface area contributed by atoms with Crippen LogP contribution in [0, 0.1) is 5.82 Å². The Kier molecular flexibility index (Phi) is 4.11. The number of halogens is 1. The zero-order valence-electron chi connectivity index (χ0n) is 10.3. The molecular weight excluding hydrogens is 267 g/mol. The number of thiophene rings is 1. The molecule has 0 aliphatic carbocycles. The van der Waals surface area contributed by atoms with E-state index in [0.717, 1.165) is 18.1 Å². The number of nitrogens with zero attached hydrogens (tertiary/aromatic N) is 1. The van der Waals surface area contributed by atoms with Crippen LogP contribution in [-0.4, -0.2) is 22.1 Å². The molecule has 0 bridgehead atoms. The van der Waals surface area contributed by atoms with E-state index < -0.39 is 11.8 Å². The first kappa shape index (κ1) is 13.5. The van der Waals surface area contributed by atoms with Crippen molar-refractivity contribution in [2.24, 2.45) is 0 Å². The summed E-state index contributed by atoms with van der Waals surface area (Å²) in [6.07, 6.45) is 2.01. The number of aromatic carboxylic acids is 1. The topological polar surface area (TPSA) is 62.2 Å². The van der Waals surface area contributed by atoms with Crippen LogP contribution in [-0.2, 0) is 6.42 Å². The molecule has 2 rings (SSSR count). The molecule has 0 aliphatic rings. The highest BCUT2D eigenvalue weighted by atomic mass is 32.1. The normalized spacial score (nSPS) is 12.1. The Morgan fingerprint density at radius 3 is 3.00 bits per heavy atom. The van der Waals surface area contributed by atoms with Gasteiger partial charge in [0.2, 0.25) is 0 Å². The second kappa shape index (κ2) is 5.79. The number of carbonyl (C=O) groups is 1. The van der Waals surface area contributed by atoms with Gasteiger partial charge in [-0.1, -0.05) is 0 Å². The Hall–Kier alpha value is -1.95. The van der Waals surface area contributed by atoms with Crippen molar-refractivity contribution in [1.29, 1.82) is 0 Å². The molecule has 0 amide bonds. The number of aromatic nitrogens is 1. The van der Waals surface area contributed by atoms with E-state index in [-0.39, 0.29) is 17.4 Å². The summed E-state index contributed by atoms with van der Waals surface area (Å²) in [5, 5.41) is 15.7. The first-order valence-corrected chi connectivity index (χ1v) is 6.67. The lowest BCUT2D eigenvalue weighted by atomic mass is 10.1. The maximum absolute atomic E-state index is 13.9. The Labute approximate surface area is 113 Å². The molecule has 1 atom stereocenters. The van der Waals surface area contributed by atoms with Gasteiger partial charge in [0.05, 0.1) is 0 Å². The van der Waals surface area contributed by atoms with Crippen LogP contribution >= 0.6 is 11.3 Å². The fourth-order valence-electron chi connectivity index (χ4n) is 1.76. The number of carboxylic acids is 1. The van der Waals surface area contributed by atoms with Crippen molar-refractivity contribution >= 4 is 23.1 Å². The third-order valence-electron chi connectivity index (χ3n) is 2.62. The minimum Gasteiger partial charge on any atom is -0.478 e. The van der Waals surface area contributed by atoms with Crippen molar-refractivity contribution in [2.75, 3.05) is 5.32 Å². The maximum Gasteiger partial charge on any atom is 0.338 e. The van der Waals surface area contributed by atoms with Gasteiger partial charge in [-0.3, -0.25) is 0 Å².